The summed E-state index contributed by atoms with van der Waals surface area (Å²) in [5.74, 6) is 0. The Bertz CT molecular complexity index is 142. The molecule has 0 aromatic rings. The van der Waals surface area contributed by atoms with Crippen LogP contribution in [0.2, 0.25) is 0 Å². The Morgan fingerprint density at radius 1 is 1.54 bits per heavy atom. The molecule has 0 saturated carbocycles. The highest BCUT2D eigenvalue weighted by Gasteiger charge is 2.33. The summed E-state index contributed by atoms with van der Waals surface area (Å²) in [6.45, 7) is 6.10. The molecular weight excluding hydrogens is 166 g/mol. The van der Waals surface area contributed by atoms with Crippen LogP contribution in [0.15, 0.2) is 0 Å². The number of ether oxygens (including phenoxy) is 1. The zero-order valence-corrected chi connectivity index (χ0v) is 8.68. The van der Waals surface area contributed by atoms with E-state index in [9.17, 15) is 0 Å². The minimum Gasteiger partial charge on any atom is -0.395 e. The Labute approximate surface area is 80.5 Å². The monoisotopic (exact) mass is 187 g/mol. The van der Waals surface area contributed by atoms with Crippen molar-refractivity contribution in [2.45, 2.75) is 44.8 Å². The van der Waals surface area contributed by atoms with Crippen LogP contribution in [-0.2, 0) is 4.74 Å². The number of hydrogen-bond donors (Lipinski definition) is 2. The van der Waals surface area contributed by atoms with Crippen LogP contribution in [-0.4, -0.2) is 36.5 Å². The van der Waals surface area contributed by atoms with Crippen molar-refractivity contribution in [2.75, 3.05) is 19.8 Å². The molecule has 2 unspecified atom stereocenters. The van der Waals surface area contributed by atoms with Crippen LogP contribution in [0.5, 0.6) is 0 Å². The largest absolute Gasteiger partial charge is 0.395 e. The minimum absolute atomic E-state index is 0.0282. The summed E-state index contributed by atoms with van der Waals surface area (Å²) in [5.41, 5.74) is 0.0282. The molecule has 1 saturated heterocycles. The molecule has 0 spiro atoms. The molecule has 1 heterocycles. The molecule has 2 N–H and O–H groups in total. The molecule has 1 aliphatic heterocycles. The van der Waals surface area contributed by atoms with E-state index in [1.165, 1.54) is 0 Å². The predicted molar refractivity (Wildman–Crippen MR) is 52.8 cm³/mol. The first-order chi connectivity index (χ1) is 6.26. The zero-order valence-electron chi connectivity index (χ0n) is 8.68. The van der Waals surface area contributed by atoms with Gasteiger partial charge in [-0.15, -0.1) is 0 Å². The van der Waals surface area contributed by atoms with Gasteiger partial charge in [-0.1, -0.05) is 6.92 Å². The summed E-state index contributed by atoms with van der Waals surface area (Å²) in [7, 11) is 0. The van der Waals surface area contributed by atoms with Crippen LogP contribution in [0.1, 0.15) is 33.1 Å². The minimum atomic E-state index is 0.0282. The molecule has 2 atom stereocenters. The lowest BCUT2D eigenvalue weighted by molar-refractivity contribution is -0.0659. The normalized spacial score (nSPS) is 34.8. The maximum absolute atomic E-state index is 8.96. The van der Waals surface area contributed by atoms with Crippen LogP contribution < -0.4 is 5.32 Å². The summed E-state index contributed by atoms with van der Waals surface area (Å²) in [5, 5.41) is 12.3. The molecule has 3 heteroatoms. The Morgan fingerprint density at radius 2 is 2.31 bits per heavy atom. The lowest BCUT2D eigenvalue weighted by Gasteiger charge is -2.39. The maximum atomic E-state index is 8.96. The van der Waals surface area contributed by atoms with Gasteiger partial charge < -0.3 is 15.2 Å². The second-order valence-corrected chi connectivity index (χ2v) is 3.77. The van der Waals surface area contributed by atoms with Crippen molar-refractivity contribution in [3.63, 3.8) is 0 Å². The fourth-order valence-corrected chi connectivity index (χ4v) is 1.95. The van der Waals surface area contributed by atoms with E-state index in [4.69, 9.17) is 9.84 Å². The van der Waals surface area contributed by atoms with E-state index in [0.29, 0.717) is 0 Å². The number of nitrogens with one attached hydrogen (secondary N) is 1. The molecule has 0 aromatic heterocycles. The third-order valence-corrected chi connectivity index (χ3v) is 2.98. The van der Waals surface area contributed by atoms with Crippen LogP contribution in [0.25, 0.3) is 0 Å². The molecule has 0 aliphatic carbocycles. The average molecular weight is 187 g/mol. The van der Waals surface area contributed by atoms with Crippen molar-refractivity contribution < 1.29 is 9.84 Å². The first-order valence-corrected chi connectivity index (χ1v) is 5.24. The van der Waals surface area contributed by atoms with E-state index < -0.39 is 0 Å². The number of aliphatic hydroxyl groups is 1. The number of hydrogen-bond acceptors (Lipinski definition) is 3. The topological polar surface area (TPSA) is 41.5 Å². The quantitative estimate of drug-likeness (QED) is 0.687. The Morgan fingerprint density at radius 3 is 2.69 bits per heavy atom. The highest BCUT2D eigenvalue weighted by atomic mass is 16.5. The molecule has 3 nitrogen and oxygen atoms in total. The van der Waals surface area contributed by atoms with Crippen molar-refractivity contribution in [3.05, 3.63) is 0 Å². The van der Waals surface area contributed by atoms with Gasteiger partial charge in [-0.05, 0) is 26.2 Å². The van der Waals surface area contributed by atoms with Crippen molar-refractivity contribution >= 4 is 0 Å². The van der Waals surface area contributed by atoms with E-state index in [1.807, 2.05) is 6.92 Å². The van der Waals surface area contributed by atoms with Gasteiger partial charge in [-0.3, -0.25) is 0 Å². The molecule has 0 aromatic carbocycles. The molecule has 0 radical (unpaired) electrons. The molecule has 0 amide bonds. The Balaban J connectivity index is 2.42. The average Bonchev–Trinajstić information content (AvgIpc) is 2.19. The van der Waals surface area contributed by atoms with Crippen molar-refractivity contribution in [2.24, 2.45) is 0 Å². The molecule has 13 heavy (non-hydrogen) atoms. The highest BCUT2D eigenvalue weighted by Crippen LogP contribution is 2.26. The summed E-state index contributed by atoms with van der Waals surface area (Å²) >= 11 is 0. The molecule has 78 valence electrons. The van der Waals surface area contributed by atoms with Crippen molar-refractivity contribution in [1.29, 1.82) is 0 Å². The van der Waals surface area contributed by atoms with Crippen LogP contribution in [0.4, 0.5) is 0 Å². The summed E-state index contributed by atoms with van der Waals surface area (Å²) in [6.07, 6.45) is 3.13. The molecule has 0 bridgehead atoms. The van der Waals surface area contributed by atoms with E-state index in [0.717, 1.165) is 32.4 Å². The zero-order chi connectivity index (χ0) is 9.73. The summed E-state index contributed by atoms with van der Waals surface area (Å²) < 4.78 is 5.77. The fraction of sp³-hybridized carbons (Fsp3) is 1.00. The van der Waals surface area contributed by atoms with Crippen LogP contribution in [0, 0.1) is 0 Å². The molecule has 1 rings (SSSR count). The number of rotatable bonds is 4. The molecular formula is C10H21NO2. The standard InChI is InChI=1S/C10H21NO2/c1-3-10(13-4-2)6-5-9(7-12)11-8-10/h9,11-12H,3-8H2,1-2H3. The Kier molecular flexibility index (Phi) is 4.16. The van der Waals surface area contributed by atoms with Crippen LogP contribution >= 0.6 is 0 Å². The van der Waals surface area contributed by atoms with Crippen LogP contribution in [0.3, 0.4) is 0 Å². The number of piperidine rings is 1. The van der Waals surface area contributed by atoms with Crippen molar-refractivity contribution in [1.82, 2.24) is 5.32 Å². The third kappa shape index (κ3) is 2.66. The third-order valence-electron chi connectivity index (χ3n) is 2.98. The van der Waals surface area contributed by atoms with Gasteiger partial charge in [0.2, 0.25) is 0 Å². The van der Waals surface area contributed by atoms with Gasteiger partial charge in [-0.2, -0.15) is 0 Å². The van der Waals surface area contributed by atoms with Gasteiger partial charge >= 0.3 is 0 Å². The maximum Gasteiger partial charge on any atom is 0.0804 e. The fourth-order valence-electron chi connectivity index (χ4n) is 1.95. The van der Waals surface area contributed by atoms with Crippen molar-refractivity contribution in [3.8, 4) is 0 Å². The Hall–Kier alpha value is -0.120. The van der Waals surface area contributed by atoms with Gasteiger partial charge in [-0.25, -0.2) is 0 Å². The number of aliphatic hydroxyl groups excluding tert-OH is 1. The summed E-state index contributed by atoms with van der Waals surface area (Å²) in [4.78, 5) is 0. The highest BCUT2D eigenvalue weighted by molar-refractivity contribution is 4.89. The SMILES string of the molecule is CCOC1(CC)CCC(CO)NC1. The van der Waals surface area contributed by atoms with Gasteiger partial charge in [0.05, 0.1) is 12.2 Å². The van der Waals surface area contributed by atoms with Gasteiger partial charge in [0.15, 0.2) is 0 Å². The smallest absolute Gasteiger partial charge is 0.0804 e. The van der Waals surface area contributed by atoms with E-state index in [1.54, 1.807) is 0 Å². The first kappa shape index (κ1) is 11.0. The molecule has 1 fully saturated rings. The summed E-state index contributed by atoms with van der Waals surface area (Å²) in [6, 6.07) is 0.278. The predicted octanol–water partition coefficient (Wildman–Crippen LogP) is 0.916. The van der Waals surface area contributed by atoms with Gasteiger partial charge in [0, 0.05) is 19.2 Å². The second kappa shape index (κ2) is 4.94. The first-order valence-electron chi connectivity index (χ1n) is 5.24. The van der Waals surface area contributed by atoms with E-state index >= 15 is 0 Å². The molecule has 1 aliphatic rings. The lowest BCUT2D eigenvalue weighted by atomic mass is 9.88. The van der Waals surface area contributed by atoms with E-state index in [2.05, 4.69) is 12.2 Å². The van der Waals surface area contributed by atoms with Gasteiger partial charge in [0.1, 0.15) is 0 Å². The second-order valence-electron chi connectivity index (χ2n) is 3.77. The van der Waals surface area contributed by atoms with E-state index in [-0.39, 0.29) is 18.2 Å². The lowest BCUT2D eigenvalue weighted by Crippen LogP contribution is -2.52. The van der Waals surface area contributed by atoms with Gasteiger partial charge in [0.25, 0.3) is 0 Å².